The van der Waals surface area contributed by atoms with Crippen LogP contribution >= 0.6 is 11.8 Å². The van der Waals surface area contributed by atoms with Gasteiger partial charge in [-0.2, -0.15) is 11.8 Å². The zero-order valence-corrected chi connectivity index (χ0v) is 9.09. The highest BCUT2D eigenvalue weighted by Crippen LogP contribution is 2.17. The summed E-state index contributed by atoms with van der Waals surface area (Å²) >= 11 is 1.84. The van der Waals surface area contributed by atoms with Crippen molar-refractivity contribution in [2.45, 2.75) is 31.6 Å². The predicted molar refractivity (Wildman–Crippen MR) is 58.2 cm³/mol. The van der Waals surface area contributed by atoms with E-state index in [2.05, 4.69) is 14.8 Å². The number of aryl methyl sites for hydroxylation is 1. The first-order chi connectivity index (χ1) is 6.92. The number of hydrogen-bond donors (Lipinski definition) is 1. The molecule has 0 radical (unpaired) electrons. The van der Waals surface area contributed by atoms with Crippen LogP contribution in [0.25, 0.3) is 0 Å². The second kappa shape index (κ2) is 4.79. The maximum atomic E-state index is 5.44. The third kappa shape index (κ3) is 2.09. The molecule has 14 heavy (non-hydrogen) atoms. The monoisotopic (exact) mass is 212 g/mol. The SMILES string of the molecule is NCCSCc1nnc2n1CCCC2. The van der Waals surface area contributed by atoms with Gasteiger partial charge in [0.15, 0.2) is 0 Å². The number of nitrogens with zero attached hydrogens (tertiary/aromatic N) is 3. The first-order valence-electron chi connectivity index (χ1n) is 5.10. The Bertz CT molecular complexity index is 297. The lowest BCUT2D eigenvalue weighted by atomic mass is 10.2. The van der Waals surface area contributed by atoms with Gasteiger partial charge in [0.2, 0.25) is 0 Å². The first kappa shape index (κ1) is 9.98. The summed E-state index contributed by atoms with van der Waals surface area (Å²) in [4.78, 5) is 0. The second-order valence-electron chi connectivity index (χ2n) is 3.48. The van der Waals surface area contributed by atoms with Crippen LogP contribution in [0.3, 0.4) is 0 Å². The molecule has 78 valence electrons. The van der Waals surface area contributed by atoms with Crippen molar-refractivity contribution >= 4 is 11.8 Å². The lowest BCUT2D eigenvalue weighted by molar-refractivity contribution is 0.513. The number of rotatable bonds is 4. The van der Waals surface area contributed by atoms with Crippen molar-refractivity contribution in [2.24, 2.45) is 5.73 Å². The van der Waals surface area contributed by atoms with Crippen LogP contribution in [0.5, 0.6) is 0 Å². The van der Waals surface area contributed by atoms with Crippen LogP contribution in [-0.4, -0.2) is 27.1 Å². The summed E-state index contributed by atoms with van der Waals surface area (Å²) in [5.74, 6) is 4.24. The average Bonchev–Trinajstić information content (AvgIpc) is 2.63. The molecule has 0 bridgehead atoms. The smallest absolute Gasteiger partial charge is 0.143 e. The fraction of sp³-hybridized carbons (Fsp3) is 0.778. The van der Waals surface area contributed by atoms with Gasteiger partial charge in [0, 0.05) is 25.3 Å². The Labute approximate surface area is 88.3 Å². The number of nitrogens with two attached hydrogens (primary N) is 1. The molecular formula is C9H16N4S. The molecule has 0 fully saturated rings. The van der Waals surface area contributed by atoms with Crippen LogP contribution in [0.2, 0.25) is 0 Å². The van der Waals surface area contributed by atoms with E-state index in [-0.39, 0.29) is 0 Å². The zero-order chi connectivity index (χ0) is 9.80. The van der Waals surface area contributed by atoms with Crippen molar-refractivity contribution in [3.8, 4) is 0 Å². The van der Waals surface area contributed by atoms with E-state index in [4.69, 9.17) is 5.73 Å². The molecule has 0 aliphatic carbocycles. The molecule has 1 aliphatic heterocycles. The lowest BCUT2D eigenvalue weighted by Crippen LogP contribution is -2.13. The molecule has 1 aromatic rings. The highest BCUT2D eigenvalue weighted by Gasteiger charge is 2.14. The van der Waals surface area contributed by atoms with Crippen molar-refractivity contribution in [3.63, 3.8) is 0 Å². The van der Waals surface area contributed by atoms with Crippen molar-refractivity contribution < 1.29 is 0 Å². The molecule has 0 saturated heterocycles. The Balaban J connectivity index is 1.99. The van der Waals surface area contributed by atoms with Crippen molar-refractivity contribution in [3.05, 3.63) is 11.6 Å². The fourth-order valence-corrected chi connectivity index (χ4v) is 2.43. The standard InChI is InChI=1S/C9H16N4S/c10-4-6-14-7-9-12-11-8-3-1-2-5-13(8)9/h1-7,10H2. The maximum absolute atomic E-state index is 5.44. The molecule has 1 aromatic heterocycles. The average molecular weight is 212 g/mol. The molecule has 5 heteroatoms. The summed E-state index contributed by atoms with van der Waals surface area (Å²) in [5, 5.41) is 8.42. The Morgan fingerprint density at radius 3 is 3.14 bits per heavy atom. The summed E-state index contributed by atoms with van der Waals surface area (Å²) in [6, 6.07) is 0. The van der Waals surface area contributed by atoms with E-state index in [0.717, 1.165) is 36.8 Å². The third-order valence-corrected chi connectivity index (χ3v) is 3.42. The molecule has 0 unspecified atom stereocenters. The number of hydrogen-bond acceptors (Lipinski definition) is 4. The van der Waals surface area contributed by atoms with Gasteiger partial charge in [0.1, 0.15) is 11.6 Å². The minimum atomic E-state index is 0.742. The van der Waals surface area contributed by atoms with Crippen LogP contribution < -0.4 is 5.73 Å². The van der Waals surface area contributed by atoms with Gasteiger partial charge in [-0.25, -0.2) is 0 Å². The van der Waals surface area contributed by atoms with Crippen LogP contribution in [-0.2, 0) is 18.7 Å². The topological polar surface area (TPSA) is 56.7 Å². The van der Waals surface area contributed by atoms with Crippen LogP contribution in [0, 0.1) is 0 Å². The second-order valence-corrected chi connectivity index (χ2v) is 4.59. The van der Waals surface area contributed by atoms with E-state index in [1.807, 2.05) is 11.8 Å². The normalized spacial score (nSPS) is 15.5. The van der Waals surface area contributed by atoms with Crippen LogP contribution in [0.1, 0.15) is 24.5 Å². The van der Waals surface area contributed by atoms with Gasteiger partial charge in [-0.3, -0.25) is 0 Å². The molecule has 2 rings (SSSR count). The molecular weight excluding hydrogens is 196 g/mol. The molecule has 2 N–H and O–H groups in total. The highest BCUT2D eigenvalue weighted by atomic mass is 32.2. The van der Waals surface area contributed by atoms with E-state index in [9.17, 15) is 0 Å². The molecule has 0 saturated carbocycles. The molecule has 2 heterocycles. The Hall–Kier alpha value is -0.550. The summed E-state index contributed by atoms with van der Waals surface area (Å²) in [7, 11) is 0. The van der Waals surface area contributed by atoms with Crippen LogP contribution in [0.15, 0.2) is 0 Å². The van der Waals surface area contributed by atoms with Gasteiger partial charge in [0.25, 0.3) is 0 Å². The van der Waals surface area contributed by atoms with Gasteiger partial charge >= 0.3 is 0 Å². The Morgan fingerprint density at radius 2 is 2.29 bits per heavy atom. The van der Waals surface area contributed by atoms with Crippen LogP contribution in [0.4, 0.5) is 0 Å². The zero-order valence-electron chi connectivity index (χ0n) is 8.28. The van der Waals surface area contributed by atoms with Gasteiger partial charge in [-0.05, 0) is 12.8 Å². The van der Waals surface area contributed by atoms with E-state index >= 15 is 0 Å². The van der Waals surface area contributed by atoms with Crippen molar-refractivity contribution in [2.75, 3.05) is 12.3 Å². The van der Waals surface area contributed by atoms with E-state index in [1.165, 1.54) is 18.7 Å². The maximum Gasteiger partial charge on any atom is 0.143 e. The van der Waals surface area contributed by atoms with Crippen molar-refractivity contribution in [1.82, 2.24) is 14.8 Å². The predicted octanol–water partition coefficient (Wildman–Crippen LogP) is 0.806. The summed E-state index contributed by atoms with van der Waals surface area (Å²) in [5.41, 5.74) is 5.44. The third-order valence-electron chi connectivity index (χ3n) is 2.43. The summed E-state index contributed by atoms with van der Waals surface area (Å²) < 4.78 is 2.27. The van der Waals surface area contributed by atoms with Gasteiger partial charge in [0.05, 0.1) is 5.75 Å². The first-order valence-corrected chi connectivity index (χ1v) is 6.26. The fourth-order valence-electron chi connectivity index (χ4n) is 1.72. The molecule has 0 atom stereocenters. The molecule has 0 amide bonds. The van der Waals surface area contributed by atoms with E-state index < -0.39 is 0 Å². The molecule has 0 spiro atoms. The minimum Gasteiger partial charge on any atom is -0.330 e. The van der Waals surface area contributed by atoms with Crippen molar-refractivity contribution in [1.29, 1.82) is 0 Å². The summed E-state index contributed by atoms with van der Waals surface area (Å²) in [6.07, 6.45) is 3.61. The lowest BCUT2D eigenvalue weighted by Gasteiger charge is -2.14. The van der Waals surface area contributed by atoms with Gasteiger partial charge in [-0.1, -0.05) is 0 Å². The largest absolute Gasteiger partial charge is 0.330 e. The molecule has 0 aromatic carbocycles. The van der Waals surface area contributed by atoms with Gasteiger partial charge in [-0.15, -0.1) is 10.2 Å². The minimum absolute atomic E-state index is 0.742. The number of fused-ring (bicyclic) bond motifs is 1. The Kier molecular flexibility index (Phi) is 3.42. The van der Waals surface area contributed by atoms with E-state index in [0.29, 0.717) is 0 Å². The highest BCUT2D eigenvalue weighted by molar-refractivity contribution is 7.98. The molecule has 1 aliphatic rings. The number of thioether (sulfide) groups is 1. The van der Waals surface area contributed by atoms with E-state index in [1.54, 1.807) is 0 Å². The summed E-state index contributed by atoms with van der Waals surface area (Å²) in [6.45, 7) is 1.84. The quantitative estimate of drug-likeness (QED) is 0.750. The molecule has 4 nitrogen and oxygen atoms in total. The van der Waals surface area contributed by atoms with Gasteiger partial charge < -0.3 is 10.3 Å². The Morgan fingerprint density at radius 1 is 1.36 bits per heavy atom. The number of aromatic nitrogens is 3.